The van der Waals surface area contributed by atoms with Crippen molar-refractivity contribution in [2.45, 2.75) is 13.5 Å². The summed E-state index contributed by atoms with van der Waals surface area (Å²) in [5, 5.41) is 5.88. The Morgan fingerprint density at radius 2 is 1.95 bits per heavy atom. The first kappa shape index (κ1) is 15.3. The van der Waals surface area contributed by atoms with Crippen LogP contribution in [0, 0.1) is 5.92 Å². The Bertz CT molecular complexity index is 421. The number of rotatable bonds is 7. The number of benzene rings is 1. The summed E-state index contributed by atoms with van der Waals surface area (Å²) in [5.74, 6) is 1.33. The molecule has 0 heterocycles. The Morgan fingerprint density at radius 1 is 1.26 bits per heavy atom. The largest absolute Gasteiger partial charge is 0.493 e. The van der Waals surface area contributed by atoms with Gasteiger partial charge in [-0.25, -0.2) is 0 Å². The molecule has 0 bridgehead atoms. The number of hydrogen-bond acceptors (Lipinski definition) is 4. The molecule has 5 heteroatoms. The summed E-state index contributed by atoms with van der Waals surface area (Å²) in [7, 11) is 5.02. The van der Waals surface area contributed by atoms with Crippen molar-refractivity contribution in [1.82, 2.24) is 10.6 Å². The minimum atomic E-state index is -0.0508. The number of amides is 1. The standard InChI is InChI=1S/C14H22N2O3/c1-10(8-15-2)14(17)16-9-11-5-6-12(18-3)13(7-11)19-4/h5-7,10,15H,8-9H2,1-4H3,(H,16,17). The van der Waals surface area contributed by atoms with Crippen molar-refractivity contribution in [2.75, 3.05) is 27.8 Å². The van der Waals surface area contributed by atoms with Crippen LogP contribution in [-0.2, 0) is 11.3 Å². The van der Waals surface area contributed by atoms with Gasteiger partial charge in [0.25, 0.3) is 0 Å². The van der Waals surface area contributed by atoms with Crippen molar-refractivity contribution in [2.24, 2.45) is 5.92 Å². The van der Waals surface area contributed by atoms with Crippen molar-refractivity contribution in [1.29, 1.82) is 0 Å². The van der Waals surface area contributed by atoms with E-state index in [1.165, 1.54) is 0 Å². The highest BCUT2D eigenvalue weighted by Crippen LogP contribution is 2.27. The van der Waals surface area contributed by atoms with E-state index in [9.17, 15) is 4.79 Å². The monoisotopic (exact) mass is 266 g/mol. The number of carbonyl (C=O) groups excluding carboxylic acids is 1. The Hall–Kier alpha value is -1.75. The summed E-state index contributed by atoms with van der Waals surface area (Å²) in [6.07, 6.45) is 0. The first-order valence-corrected chi connectivity index (χ1v) is 6.25. The van der Waals surface area contributed by atoms with Crippen LogP contribution in [0.1, 0.15) is 12.5 Å². The quantitative estimate of drug-likeness (QED) is 0.778. The SMILES string of the molecule is CNCC(C)C(=O)NCc1ccc(OC)c(OC)c1. The zero-order valence-corrected chi connectivity index (χ0v) is 11.9. The van der Waals surface area contributed by atoms with Gasteiger partial charge >= 0.3 is 0 Å². The fraction of sp³-hybridized carbons (Fsp3) is 0.500. The highest BCUT2D eigenvalue weighted by atomic mass is 16.5. The molecule has 1 aromatic carbocycles. The number of methoxy groups -OCH3 is 2. The molecule has 0 fully saturated rings. The van der Waals surface area contributed by atoms with Gasteiger partial charge in [-0.15, -0.1) is 0 Å². The smallest absolute Gasteiger partial charge is 0.224 e. The maximum atomic E-state index is 11.8. The van der Waals surface area contributed by atoms with Crippen LogP contribution in [0.25, 0.3) is 0 Å². The van der Waals surface area contributed by atoms with Gasteiger partial charge in [-0.05, 0) is 24.7 Å². The molecule has 1 atom stereocenters. The predicted molar refractivity (Wildman–Crippen MR) is 74.5 cm³/mol. The van der Waals surface area contributed by atoms with E-state index in [1.807, 2.05) is 32.2 Å². The topological polar surface area (TPSA) is 59.6 Å². The lowest BCUT2D eigenvalue weighted by atomic mass is 10.1. The first-order valence-electron chi connectivity index (χ1n) is 6.25. The van der Waals surface area contributed by atoms with Crippen LogP contribution in [0.15, 0.2) is 18.2 Å². The molecule has 19 heavy (non-hydrogen) atoms. The summed E-state index contributed by atoms with van der Waals surface area (Å²) in [4.78, 5) is 11.8. The molecule has 2 N–H and O–H groups in total. The highest BCUT2D eigenvalue weighted by Gasteiger charge is 2.11. The van der Waals surface area contributed by atoms with Gasteiger partial charge in [0.15, 0.2) is 11.5 Å². The third-order valence-corrected chi connectivity index (χ3v) is 2.87. The third-order valence-electron chi connectivity index (χ3n) is 2.87. The summed E-state index contributed by atoms with van der Waals surface area (Å²) < 4.78 is 10.4. The van der Waals surface area contributed by atoms with Crippen LogP contribution in [0.4, 0.5) is 0 Å². The van der Waals surface area contributed by atoms with Gasteiger partial charge in [0, 0.05) is 19.0 Å². The van der Waals surface area contributed by atoms with E-state index in [0.717, 1.165) is 5.56 Å². The Balaban J connectivity index is 2.60. The predicted octanol–water partition coefficient (Wildman–Crippen LogP) is 1.18. The molecule has 0 spiro atoms. The second kappa shape index (κ2) is 7.63. The summed E-state index contributed by atoms with van der Waals surface area (Å²) in [6, 6.07) is 5.60. The van der Waals surface area contributed by atoms with Gasteiger partial charge in [0.05, 0.1) is 14.2 Å². The van der Waals surface area contributed by atoms with Gasteiger partial charge in [-0.1, -0.05) is 13.0 Å². The molecular weight excluding hydrogens is 244 g/mol. The fourth-order valence-electron chi connectivity index (χ4n) is 1.75. The molecule has 1 rings (SSSR count). The Kier molecular flexibility index (Phi) is 6.15. The minimum Gasteiger partial charge on any atom is -0.493 e. The summed E-state index contributed by atoms with van der Waals surface area (Å²) in [5.41, 5.74) is 0.975. The van der Waals surface area contributed by atoms with Gasteiger partial charge < -0.3 is 20.1 Å². The van der Waals surface area contributed by atoms with Gasteiger partial charge in [-0.2, -0.15) is 0 Å². The lowest BCUT2D eigenvalue weighted by Gasteiger charge is -2.13. The highest BCUT2D eigenvalue weighted by molar-refractivity contribution is 5.78. The number of nitrogens with one attached hydrogen (secondary N) is 2. The zero-order chi connectivity index (χ0) is 14.3. The molecule has 0 radical (unpaired) electrons. The van der Waals surface area contributed by atoms with Crippen LogP contribution >= 0.6 is 0 Å². The van der Waals surface area contributed by atoms with Crippen LogP contribution in [0.5, 0.6) is 11.5 Å². The van der Waals surface area contributed by atoms with Crippen LogP contribution in [0.2, 0.25) is 0 Å². The normalized spacial score (nSPS) is 11.8. The first-order chi connectivity index (χ1) is 9.12. The molecule has 1 amide bonds. The van der Waals surface area contributed by atoms with E-state index >= 15 is 0 Å². The molecular formula is C14H22N2O3. The Labute approximate surface area is 114 Å². The van der Waals surface area contributed by atoms with E-state index < -0.39 is 0 Å². The molecule has 0 aromatic heterocycles. The Morgan fingerprint density at radius 3 is 2.53 bits per heavy atom. The van der Waals surface area contributed by atoms with Crippen LogP contribution in [-0.4, -0.2) is 33.7 Å². The molecule has 0 aliphatic carbocycles. The zero-order valence-electron chi connectivity index (χ0n) is 11.9. The third kappa shape index (κ3) is 4.44. The molecule has 0 aliphatic rings. The van der Waals surface area contributed by atoms with Gasteiger partial charge in [0.1, 0.15) is 0 Å². The molecule has 5 nitrogen and oxygen atoms in total. The molecule has 0 saturated heterocycles. The maximum Gasteiger partial charge on any atom is 0.224 e. The van der Waals surface area contributed by atoms with Crippen molar-refractivity contribution < 1.29 is 14.3 Å². The fourth-order valence-corrected chi connectivity index (χ4v) is 1.75. The molecule has 0 aliphatic heterocycles. The van der Waals surface area contributed by atoms with Crippen LogP contribution < -0.4 is 20.1 Å². The van der Waals surface area contributed by atoms with E-state index in [0.29, 0.717) is 24.6 Å². The van der Waals surface area contributed by atoms with Crippen molar-refractivity contribution in [3.63, 3.8) is 0 Å². The second-order valence-electron chi connectivity index (χ2n) is 4.37. The summed E-state index contributed by atoms with van der Waals surface area (Å²) in [6.45, 7) is 3.03. The average molecular weight is 266 g/mol. The van der Waals surface area contributed by atoms with Crippen molar-refractivity contribution >= 4 is 5.91 Å². The lowest BCUT2D eigenvalue weighted by molar-refractivity contribution is -0.124. The van der Waals surface area contributed by atoms with E-state index in [4.69, 9.17) is 9.47 Å². The molecule has 106 valence electrons. The van der Waals surface area contributed by atoms with Gasteiger partial charge in [0.2, 0.25) is 5.91 Å². The number of hydrogen-bond donors (Lipinski definition) is 2. The number of carbonyl (C=O) groups is 1. The second-order valence-corrected chi connectivity index (χ2v) is 4.37. The van der Waals surface area contributed by atoms with E-state index in [1.54, 1.807) is 14.2 Å². The van der Waals surface area contributed by atoms with Crippen molar-refractivity contribution in [3.8, 4) is 11.5 Å². The molecule has 0 saturated carbocycles. The molecule has 1 unspecified atom stereocenters. The van der Waals surface area contributed by atoms with Gasteiger partial charge in [-0.3, -0.25) is 4.79 Å². The lowest BCUT2D eigenvalue weighted by Crippen LogP contribution is -2.33. The maximum absolute atomic E-state index is 11.8. The minimum absolute atomic E-state index is 0.0316. The average Bonchev–Trinajstić information content (AvgIpc) is 2.44. The van der Waals surface area contributed by atoms with E-state index in [-0.39, 0.29) is 11.8 Å². The molecule has 1 aromatic rings. The summed E-state index contributed by atoms with van der Waals surface area (Å²) >= 11 is 0. The number of ether oxygens (including phenoxy) is 2. The van der Waals surface area contributed by atoms with Crippen molar-refractivity contribution in [3.05, 3.63) is 23.8 Å². The van der Waals surface area contributed by atoms with Crippen LogP contribution in [0.3, 0.4) is 0 Å². The van der Waals surface area contributed by atoms with E-state index in [2.05, 4.69) is 10.6 Å².